The Morgan fingerprint density at radius 3 is 1.03 bits per heavy atom. The SMILES string of the molecule is CCCCCCCCCCCCCCCCCCC1N(CCC)C=CN1CCCCCCCCCCCC. The summed E-state index contributed by atoms with van der Waals surface area (Å²) in [4.78, 5) is 5.30. The minimum atomic E-state index is 0.639. The summed E-state index contributed by atoms with van der Waals surface area (Å²) in [5.41, 5.74) is 0. The predicted molar refractivity (Wildman–Crippen MR) is 173 cm³/mol. The Balaban J connectivity index is 1.99. The summed E-state index contributed by atoms with van der Waals surface area (Å²) in [5.74, 6) is 0. The van der Waals surface area contributed by atoms with Crippen molar-refractivity contribution in [3.8, 4) is 0 Å². The Morgan fingerprint density at radius 2 is 0.658 bits per heavy atom. The summed E-state index contributed by atoms with van der Waals surface area (Å²) in [6, 6.07) is 0. The van der Waals surface area contributed by atoms with Gasteiger partial charge in [0.15, 0.2) is 0 Å². The molecule has 1 rings (SSSR count). The first kappa shape index (κ1) is 35.4. The first-order valence-corrected chi connectivity index (χ1v) is 18.0. The van der Waals surface area contributed by atoms with Crippen molar-refractivity contribution in [1.82, 2.24) is 9.80 Å². The highest BCUT2D eigenvalue weighted by Crippen LogP contribution is 2.23. The van der Waals surface area contributed by atoms with Crippen LogP contribution in [0.3, 0.4) is 0 Å². The molecule has 0 N–H and O–H groups in total. The van der Waals surface area contributed by atoms with Crippen LogP contribution in [-0.4, -0.2) is 29.1 Å². The summed E-state index contributed by atoms with van der Waals surface area (Å²) in [5, 5.41) is 0. The van der Waals surface area contributed by atoms with Crippen LogP contribution in [0.2, 0.25) is 0 Å². The van der Waals surface area contributed by atoms with Gasteiger partial charge in [-0.3, -0.25) is 0 Å². The van der Waals surface area contributed by atoms with Crippen LogP contribution in [0.1, 0.15) is 201 Å². The van der Waals surface area contributed by atoms with Crippen LogP contribution in [0.25, 0.3) is 0 Å². The van der Waals surface area contributed by atoms with Gasteiger partial charge in [0, 0.05) is 25.5 Å². The summed E-state index contributed by atoms with van der Waals surface area (Å²) in [6.45, 7) is 9.42. The van der Waals surface area contributed by atoms with Crippen LogP contribution in [0.4, 0.5) is 0 Å². The van der Waals surface area contributed by atoms with E-state index < -0.39 is 0 Å². The van der Waals surface area contributed by atoms with Gasteiger partial charge in [0.05, 0.1) is 0 Å². The number of unbranched alkanes of at least 4 members (excludes halogenated alkanes) is 24. The smallest absolute Gasteiger partial charge is 0.101 e. The Morgan fingerprint density at radius 1 is 0.342 bits per heavy atom. The molecule has 0 aromatic rings. The van der Waals surface area contributed by atoms with Crippen molar-refractivity contribution in [3.05, 3.63) is 12.4 Å². The standard InChI is InChI=1S/C36H72N2/c1-4-7-9-11-13-15-17-18-19-20-21-22-23-25-27-29-31-36-37(32-6-3)34-35-38(36)33-30-28-26-24-16-14-12-10-8-5-2/h34-36H,4-33H2,1-3H3. The van der Waals surface area contributed by atoms with E-state index in [9.17, 15) is 0 Å². The van der Waals surface area contributed by atoms with E-state index in [1.807, 2.05) is 0 Å². The van der Waals surface area contributed by atoms with Crippen LogP contribution in [-0.2, 0) is 0 Å². The molecule has 0 bridgehead atoms. The zero-order valence-corrected chi connectivity index (χ0v) is 26.8. The molecule has 0 aromatic carbocycles. The van der Waals surface area contributed by atoms with E-state index in [4.69, 9.17) is 0 Å². The van der Waals surface area contributed by atoms with Gasteiger partial charge >= 0.3 is 0 Å². The van der Waals surface area contributed by atoms with Gasteiger partial charge in [0.2, 0.25) is 0 Å². The molecule has 0 radical (unpaired) electrons. The van der Waals surface area contributed by atoms with Gasteiger partial charge in [0.1, 0.15) is 6.17 Å². The molecular formula is C36H72N2. The zero-order chi connectivity index (χ0) is 27.4. The molecule has 226 valence electrons. The molecule has 2 heteroatoms. The Hall–Kier alpha value is -0.660. The van der Waals surface area contributed by atoms with Crippen LogP contribution in [0, 0.1) is 0 Å². The third-order valence-electron chi connectivity index (χ3n) is 8.78. The second-order valence-electron chi connectivity index (χ2n) is 12.5. The summed E-state index contributed by atoms with van der Waals surface area (Å²) >= 11 is 0. The lowest BCUT2D eigenvalue weighted by molar-refractivity contribution is 0.137. The second-order valence-corrected chi connectivity index (χ2v) is 12.5. The van der Waals surface area contributed by atoms with Crippen molar-refractivity contribution in [1.29, 1.82) is 0 Å². The predicted octanol–water partition coefficient (Wildman–Crippen LogP) is 12.4. The highest BCUT2D eigenvalue weighted by atomic mass is 15.4. The van der Waals surface area contributed by atoms with E-state index in [2.05, 4.69) is 43.0 Å². The molecule has 0 spiro atoms. The molecular weight excluding hydrogens is 460 g/mol. The molecule has 1 aliphatic rings. The van der Waals surface area contributed by atoms with Crippen molar-refractivity contribution in [3.63, 3.8) is 0 Å². The van der Waals surface area contributed by atoms with Gasteiger partial charge in [0.25, 0.3) is 0 Å². The average molecular weight is 533 g/mol. The Kier molecular flexibility index (Phi) is 26.0. The Labute approximate surface area is 241 Å². The van der Waals surface area contributed by atoms with Crippen molar-refractivity contribution in [2.45, 2.75) is 207 Å². The van der Waals surface area contributed by atoms with Gasteiger partial charge in [-0.25, -0.2) is 0 Å². The van der Waals surface area contributed by atoms with Crippen LogP contribution >= 0.6 is 0 Å². The highest BCUT2D eigenvalue weighted by molar-refractivity contribution is 4.96. The van der Waals surface area contributed by atoms with E-state index in [0.29, 0.717) is 6.17 Å². The largest absolute Gasteiger partial charge is 0.356 e. The van der Waals surface area contributed by atoms with Gasteiger partial charge in [-0.1, -0.05) is 175 Å². The molecule has 0 aliphatic carbocycles. The number of hydrogen-bond acceptors (Lipinski definition) is 2. The lowest BCUT2D eigenvalue weighted by Crippen LogP contribution is -2.39. The quantitative estimate of drug-likeness (QED) is 0.0848. The second kappa shape index (κ2) is 27.9. The molecule has 1 atom stereocenters. The fourth-order valence-electron chi connectivity index (χ4n) is 6.25. The number of hydrogen-bond donors (Lipinski definition) is 0. The van der Waals surface area contributed by atoms with Crippen LogP contribution in [0.15, 0.2) is 12.4 Å². The van der Waals surface area contributed by atoms with Gasteiger partial charge < -0.3 is 9.80 Å². The molecule has 2 nitrogen and oxygen atoms in total. The fourth-order valence-corrected chi connectivity index (χ4v) is 6.25. The molecule has 1 unspecified atom stereocenters. The monoisotopic (exact) mass is 533 g/mol. The topological polar surface area (TPSA) is 6.48 Å². The zero-order valence-electron chi connectivity index (χ0n) is 26.8. The molecule has 0 amide bonds. The third kappa shape index (κ3) is 20.3. The Bertz CT molecular complexity index is 488. The van der Waals surface area contributed by atoms with Gasteiger partial charge in [-0.2, -0.15) is 0 Å². The van der Waals surface area contributed by atoms with E-state index in [1.165, 1.54) is 193 Å². The number of nitrogens with zero attached hydrogens (tertiary/aromatic N) is 2. The minimum absolute atomic E-state index is 0.639. The van der Waals surface area contributed by atoms with E-state index in [1.54, 1.807) is 0 Å². The molecule has 0 saturated carbocycles. The van der Waals surface area contributed by atoms with Crippen LogP contribution < -0.4 is 0 Å². The van der Waals surface area contributed by atoms with Crippen molar-refractivity contribution < 1.29 is 0 Å². The van der Waals surface area contributed by atoms with E-state index in [0.717, 1.165) is 0 Å². The minimum Gasteiger partial charge on any atom is -0.356 e. The molecule has 38 heavy (non-hydrogen) atoms. The first-order valence-electron chi connectivity index (χ1n) is 18.0. The maximum absolute atomic E-state index is 2.67. The first-order chi connectivity index (χ1) is 18.8. The average Bonchev–Trinajstić information content (AvgIpc) is 3.30. The lowest BCUT2D eigenvalue weighted by Gasteiger charge is -2.33. The molecule has 1 heterocycles. The summed E-state index contributed by atoms with van der Waals surface area (Å²) < 4.78 is 0. The molecule has 1 aliphatic heterocycles. The number of rotatable bonds is 30. The van der Waals surface area contributed by atoms with Crippen molar-refractivity contribution >= 4 is 0 Å². The van der Waals surface area contributed by atoms with Gasteiger partial charge in [-0.15, -0.1) is 0 Å². The van der Waals surface area contributed by atoms with Crippen LogP contribution in [0.5, 0.6) is 0 Å². The fraction of sp³-hybridized carbons (Fsp3) is 0.944. The van der Waals surface area contributed by atoms with E-state index in [-0.39, 0.29) is 0 Å². The molecule has 0 aromatic heterocycles. The normalized spacial score (nSPS) is 15.3. The summed E-state index contributed by atoms with van der Waals surface area (Å²) in [7, 11) is 0. The van der Waals surface area contributed by atoms with Crippen molar-refractivity contribution in [2.24, 2.45) is 0 Å². The lowest BCUT2D eigenvalue weighted by atomic mass is 10.0. The molecule has 0 saturated heterocycles. The molecule has 0 fully saturated rings. The third-order valence-corrected chi connectivity index (χ3v) is 8.78. The van der Waals surface area contributed by atoms with Crippen molar-refractivity contribution in [2.75, 3.05) is 13.1 Å². The maximum Gasteiger partial charge on any atom is 0.101 e. The highest BCUT2D eigenvalue weighted by Gasteiger charge is 2.24. The summed E-state index contributed by atoms with van der Waals surface area (Å²) in [6.07, 6.45) is 45.6. The van der Waals surface area contributed by atoms with Gasteiger partial charge in [-0.05, 0) is 25.7 Å². The van der Waals surface area contributed by atoms with E-state index >= 15 is 0 Å². The maximum atomic E-state index is 2.67.